The van der Waals surface area contributed by atoms with Crippen LogP contribution in [0.1, 0.15) is 88.7 Å². The Morgan fingerprint density at radius 1 is 0.629 bits per heavy atom. The van der Waals surface area contributed by atoms with E-state index in [4.69, 9.17) is 5.11 Å². The van der Waals surface area contributed by atoms with Gasteiger partial charge in [0.05, 0.1) is 0 Å². The number of rotatable bonds is 16. The summed E-state index contributed by atoms with van der Waals surface area (Å²) in [5.74, 6) is 0.0832. The van der Waals surface area contributed by atoms with Gasteiger partial charge in [-0.3, -0.25) is 4.79 Å². The molecule has 0 fully saturated rings. The summed E-state index contributed by atoms with van der Waals surface area (Å²) < 4.78 is 0. The second-order valence-corrected chi connectivity index (χ2v) is 9.51. The molecule has 3 aromatic rings. The van der Waals surface area contributed by atoms with Crippen molar-refractivity contribution in [2.24, 2.45) is 0 Å². The second-order valence-electron chi connectivity index (χ2n) is 9.51. The highest BCUT2D eigenvalue weighted by Gasteiger charge is 2.04. The molecule has 1 heterocycles. The lowest BCUT2D eigenvalue weighted by atomic mass is 10.00. The molecule has 0 atom stereocenters. The molecule has 4 heteroatoms. The van der Waals surface area contributed by atoms with Crippen molar-refractivity contribution >= 4 is 5.97 Å². The van der Waals surface area contributed by atoms with E-state index in [1.54, 1.807) is 0 Å². The minimum atomic E-state index is -0.696. The number of carbonyl (C=O) groups is 1. The molecule has 0 unspecified atom stereocenters. The van der Waals surface area contributed by atoms with E-state index in [0.29, 0.717) is 0 Å². The van der Waals surface area contributed by atoms with Crippen molar-refractivity contribution in [3.8, 4) is 22.5 Å². The maximum atomic E-state index is 10.6. The summed E-state index contributed by atoms with van der Waals surface area (Å²) in [6.07, 6.45) is 18.1. The third-order valence-corrected chi connectivity index (χ3v) is 6.56. The maximum Gasteiger partial charge on any atom is 0.303 e. The van der Waals surface area contributed by atoms with E-state index in [0.717, 1.165) is 49.9 Å². The van der Waals surface area contributed by atoms with Crippen LogP contribution in [0.25, 0.3) is 22.5 Å². The van der Waals surface area contributed by atoms with Crippen molar-refractivity contribution < 1.29 is 9.90 Å². The molecule has 4 nitrogen and oxygen atoms in total. The molecule has 0 bridgehead atoms. The minimum Gasteiger partial charge on any atom is -0.481 e. The summed E-state index contributed by atoms with van der Waals surface area (Å²) in [5, 5.41) is 8.70. The summed E-state index contributed by atoms with van der Waals surface area (Å²) in [5.41, 5.74) is 5.99. The molecule has 0 spiro atoms. The molecule has 0 aliphatic heterocycles. The third-order valence-electron chi connectivity index (χ3n) is 6.56. The van der Waals surface area contributed by atoms with Crippen LogP contribution < -0.4 is 0 Å². The van der Waals surface area contributed by atoms with Gasteiger partial charge in [0.2, 0.25) is 0 Å². The topological polar surface area (TPSA) is 63.1 Å². The Morgan fingerprint density at radius 2 is 1.11 bits per heavy atom. The second kappa shape index (κ2) is 15.1. The number of unbranched alkanes of at least 4 members (excludes halogenated alkanes) is 8. The normalized spacial score (nSPS) is 11.0. The summed E-state index contributed by atoms with van der Waals surface area (Å²) >= 11 is 0. The van der Waals surface area contributed by atoms with Crippen molar-refractivity contribution in [2.45, 2.75) is 90.4 Å². The van der Waals surface area contributed by atoms with E-state index in [1.165, 1.54) is 60.8 Å². The number of nitrogens with zero attached hydrogens (tertiary/aromatic N) is 2. The summed E-state index contributed by atoms with van der Waals surface area (Å²) in [7, 11) is 0. The first-order chi connectivity index (χ1) is 17.2. The standard InChI is InChI=1S/C31H40N2O2/c1-2-3-4-5-6-10-13-26-23-32-31(33-24-26)29-21-19-28(20-22-29)27-17-15-25(16-18-27)12-9-7-8-11-14-30(34)35/h15-24H,2-14H2,1H3,(H,34,35). The first-order valence-corrected chi connectivity index (χ1v) is 13.4. The van der Waals surface area contributed by atoms with Crippen LogP contribution in [0.5, 0.6) is 0 Å². The number of hydrogen-bond acceptors (Lipinski definition) is 3. The van der Waals surface area contributed by atoms with E-state index < -0.39 is 5.97 Å². The molecule has 0 saturated heterocycles. The van der Waals surface area contributed by atoms with E-state index in [2.05, 4.69) is 65.4 Å². The Morgan fingerprint density at radius 3 is 1.71 bits per heavy atom. The lowest BCUT2D eigenvalue weighted by Crippen LogP contribution is -1.94. The number of hydrogen-bond donors (Lipinski definition) is 1. The third kappa shape index (κ3) is 9.64. The Bertz CT molecular complexity index is 996. The van der Waals surface area contributed by atoms with Crippen LogP contribution in [0, 0.1) is 0 Å². The fraction of sp³-hybridized carbons (Fsp3) is 0.452. The monoisotopic (exact) mass is 472 g/mol. The van der Waals surface area contributed by atoms with Gasteiger partial charge >= 0.3 is 5.97 Å². The SMILES string of the molecule is CCCCCCCCc1cnc(-c2ccc(-c3ccc(CCCCCCC(=O)O)cc3)cc2)nc1. The van der Waals surface area contributed by atoms with Crippen molar-refractivity contribution in [1.82, 2.24) is 9.97 Å². The summed E-state index contributed by atoms with van der Waals surface area (Å²) in [4.78, 5) is 19.8. The smallest absolute Gasteiger partial charge is 0.303 e. The van der Waals surface area contributed by atoms with Crippen molar-refractivity contribution in [3.05, 3.63) is 72.1 Å². The van der Waals surface area contributed by atoms with E-state index >= 15 is 0 Å². The predicted molar refractivity (Wildman–Crippen MR) is 144 cm³/mol. The molecule has 0 radical (unpaired) electrons. The van der Waals surface area contributed by atoms with Gasteiger partial charge in [-0.1, -0.05) is 100 Å². The van der Waals surface area contributed by atoms with E-state index in [1.807, 2.05) is 12.4 Å². The van der Waals surface area contributed by atoms with Crippen molar-refractivity contribution in [2.75, 3.05) is 0 Å². The Labute approximate surface area is 210 Å². The summed E-state index contributed by atoms with van der Waals surface area (Å²) in [6.45, 7) is 2.25. The van der Waals surface area contributed by atoms with Gasteiger partial charge in [0.15, 0.2) is 5.82 Å². The number of aliphatic carboxylic acids is 1. The van der Waals surface area contributed by atoms with Crippen LogP contribution in [-0.2, 0) is 17.6 Å². The number of carboxylic acids is 1. The first-order valence-electron chi connectivity index (χ1n) is 13.4. The lowest BCUT2D eigenvalue weighted by molar-refractivity contribution is -0.137. The molecular formula is C31H40N2O2. The van der Waals surface area contributed by atoms with Gasteiger partial charge in [-0.05, 0) is 54.4 Å². The summed E-state index contributed by atoms with van der Waals surface area (Å²) in [6, 6.07) is 17.2. The average molecular weight is 473 g/mol. The van der Waals surface area contributed by atoms with Crippen LogP contribution in [0.15, 0.2) is 60.9 Å². The van der Waals surface area contributed by atoms with Gasteiger partial charge in [0.25, 0.3) is 0 Å². The number of aryl methyl sites for hydroxylation is 2. The zero-order chi connectivity index (χ0) is 24.7. The number of benzene rings is 2. The van der Waals surface area contributed by atoms with Gasteiger partial charge in [0.1, 0.15) is 0 Å². The molecule has 3 rings (SSSR count). The highest BCUT2D eigenvalue weighted by atomic mass is 16.4. The molecule has 1 aromatic heterocycles. The van der Waals surface area contributed by atoms with Crippen LogP contribution in [-0.4, -0.2) is 21.0 Å². The highest BCUT2D eigenvalue weighted by molar-refractivity contribution is 5.68. The number of aromatic nitrogens is 2. The molecule has 35 heavy (non-hydrogen) atoms. The first kappa shape index (κ1) is 26.6. The van der Waals surface area contributed by atoms with Gasteiger partial charge < -0.3 is 5.11 Å². The van der Waals surface area contributed by atoms with E-state index in [9.17, 15) is 4.79 Å². The highest BCUT2D eigenvalue weighted by Crippen LogP contribution is 2.24. The zero-order valence-corrected chi connectivity index (χ0v) is 21.2. The molecule has 2 aromatic carbocycles. The van der Waals surface area contributed by atoms with Gasteiger partial charge in [-0.25, -0.2) is 9.97 Å². The molecule has 0 aliphatic carbocycles. The van der Waals surface area contributed by atoms with Crippen molar-refractivity contribution in [1.29, 1.82) is 0 Å². The fourth-order valence-electron chi connectivity index (χ4n) is 4.38. The maximum absolute atomic E-state index is 10.6. The quantitative estimate of drug-likeness (QED) is 0.213. The van der Waals surface area contributed by atoms with Gasteiger partial charge in [0, 0.05) is 24.4 Å². The number of carboxylic acid groups (broad SMARTS) is 1. The van der Waals surface area contributed by atoms with Crippen LogP contribution in [0.3, 0.4) is 0 Å². The fourth-order valence-corrected chi connectivity index (χ4v) is 4.38. The lowest BCUT2D eigenvalue weighted by Gasteiger charge is -2.07. The average Bonchev–Trinajstić information content (AvgIpc) is 2.89. The predicted octanol–water partition coefficient (Wildman–Crippen LogP) is 8.29. The van der Waals surface area contributed by atoms with Gasteiger partial charge in [-0.2, -0.15) is 0 Å². The van der Waals surface area contributed by atoms with E-state index in [-0.39, 0.29) is 6.42 Å². The van der Waals surface area contributed by atoms with Crippen LogP contribution in [0.2, 0.25) is 0 Å². The Kier molecular flexibility index (Phi) is 11.5. The molecule has 0 saturated carbocycles. The molecule has 1 N–H and O–H groups in total. The largest absolute Gasteiger partial charge is 0.481 e. The molecule has 186 valence electrons. The minimum absolute atomic E-state index is 0.282. The zero-order valence-electron chi connectivity index (χ0n) is 21.2. The molecule has 0 aliphatic rings. The molecular weight excluding hydrogens is 432 g/mol. The van der Waals surface area contributed by atoms with Crippen LogP contribution >= 0.6 is 0 Å². The Hall–Kier alpha value is -3.01. The van der Waals surface area contributed by atoms with Gasteiger partial charge in [-0.15, -0.1) is 0 Å². The Balaban J connectivity index is 1.45. The molecule has 0 amide bonds. The van der Waals surface area contributed by atoms with Crippen LogP contribution in [0.4, 0.5) is 0 Å². The van der Waals surface area contributed by atoms with Crippen molar-refractivity contribution in [3.63, 3.8) is 0 Å².